The van der Waals surface area contributed by atoms with Crippen LogP contribution in [0.2, 0.25) is 0 Å². The molecule has 0 spiro atoms. The van der Waals surface area contributed by atoms with Gasteiger partial charge in [-0.2, -0.15) is 18.3 Å². The van der Waals surface area contributed by atoms with Crippen LogP contribution in [0.4, 0.5) is 13.2 Å². The van der Waals surface area contributed by atoms with E-state index in [1.165, 1.54) is 12.1 Å². The summed E-state index contributed by atoms with van der Waals surface area (Å²) in [5.74, 6) is -1.09. The molecule has 0 aliphatic heterocycles. The summed E-state index contributed by atoms with van der Waals surface area (Å²) in [6, 6.07) is 7.84. The summed E-state index contributed by atoms with van der Waals surface area (Å²) >= 11 is 0. The standard InChI is InChI=1S/C22H21F3N2O2/c1-20(2)16-9-10-21(20,3)19(29)14(16)11-17(28)15-12-26-27(18(15)22(23,24)25)13-7-5-4-6-8-13/h4-8,11-12,16H,9-10H2,1-3H3/b14-11+. The Morgan fingerprint density at radius 3 is 2.41 bits per heavy atom. The lowest BCUT2D eigenvalue weighted by molar-refractivity contribution is -0.143. The van der Waals surface area contributed by atoms with Crippen LogP contribution in [0.5, 0.6) is 0 Å². The highest BCUT2D eigenvalue weighted by atomic mass is 19.4. The lowest BCUT2D eigenvalue weighted by atomic mass is 9.70. The van der Waals surface area contributed by atoms with Gasteiger partial charge < -0.3 is 0 Å². The molecule has 152 valence electrons. The number of para-hydroxylation sites is 1. The fraction of sp³-hybridized carbons (Fsp3) is 0.409. The lowest BCUT2D eigenvalue weighted by Crippen LogP contribution is -2.32. The number of carbonyl (C=O) groups excluding carboxylic acids is 2. The van der Waals surface area contributed by atoms with E-state index < -0.39 is 28.6 Å². The molecule has 0 saturated heterocycles. The number of hydrogen-bond donors (Lipinski definition) is 0. The van der Waals surface area contributed by atoms with Gasteiger partial charge in [0.1, 0.15) is 0 Å². The van der Waals surface area contributed by atoms with E-state index in [1.807, 2.05) is 20.8 Å². The van der Waals surface area contributed by atoms with E-state index in [1.54, 1.807) is 18.2 Å². The van der Waals surface area contributed by atoms with Crippen LogP contribution >= 0.6 is 0 Å². The highest BCUT2D eigenvalue weighted by molar-refractivity contribution is 6.13. The fourth-order valence-electron chi connectivity index (χ4n) is 4.88. The number of carbonyl (C=O) groups is 2. The van der Waals surface area contributed by atoms with E-state index in [2.05, 4.69) is 5.10 Å². The van der Waals surface area contributed by atoms with Gasteiger partial charge in [-0.15, -0.1) is 0 Å². The number of halogens is 3. The molecule has 4 nitrogen and oxygen atoms in total. The number of benzene rings is 1. The van der Waals surface area contributed by atoms with Crippen molar-refractivity contribution in [3.63, 3.8) is 0 Å². The molecule has 1 aromatic carbocycles. The molecule has 0 radical (unpaired) electrons. The van der Waals surface area contributed by atoms with E-state index in [-0.39, 0.29) is 22.8 Å². The molecular formula is C22H21F3N2O2. The van der Waals surface area contributed by atoms with E-state index in [0.29, 0.717) is 5.57 Å². The monoisotopic (exact) mass is 402 g/mol. The Kier molecular flexibility index (Phi) is 4.16. The Hall–Kier alpha value is -2.70. The number of fused-ring (bicyclic) bond motifs is 2. The predicted octanol–water partition coefficient (Wildman–Crippen LogP) is 5.03. The van der Waals surface area contributed by atoms with Crippen molar-refractivity contribution in [1.29, 1.82) is 0 Å². The molecule has 2 aliphatic carbocycles. The Bertz CT molecular complexity index is 1030. The smallest absolute Gasteiger partial charge is 0.294 e. The lowest BCUT2D eigenvalue weighted by Gasteiger charge is -2.31. The van der Waals surface area contributed by atoms with E-state index in [4.69, 9.17) is 0 Å². The Labute approximate surface area is 166 Å². The van der Waals surface area contributed by atoms with E-state index in [0.717, 1.165) is 29.8 Å². The van der Waals surface area contributed by atoms with Gasteiger partial charge in [-0.1, -0.05) is 39.0 Å². The van der Waals surface area contributed by atoms with Crippen LogP contribution in [0.25, 0.3) is 5.69 Å². The summed E-state index contributed by atoms with van der Waals surface area (Å²) in [6.45, 7) is 5.86. The van der Waals surface area contributed by atoms with Gasteiger partial charge in [-0.25, -0.2) is 4.68 Å². The number of alkyl halides is 3. The van der Waals surface area contributed by atoms with Gasteiger partial charge in [0, 0.05) is 11.0 Å². The van der Waals surface area contributed by atoms with Gasteiger partial charge in [0.2, 0.25) is 0 Å². The van der Waals surface area contributed by atoms with E-state index in [9.17, 15) is 22.8 Å². The van der Waals surface area contributed by atoms with Crippen molar-refractivity contribution < 1.29 is 22.8 Å². The van der Waals surface area contributed by atoms with Crippen molar-refractivity contribution in [3.05, 3.63) is 59.4 Å². The zero-order chi connectivity index (χ0) is 21.2. The van der Waals surface area contributed by atoms with Gasteiger partial charge in [0.15, 0.2) is 17.3 Å². The summed E-state index contributed by atoms with van der Waals surface area (Å²) in [7, 11) is 0. The highest BCUT2D eigenvalue weighted by Crippen LogP contribution is 2.65. The second-order valence-electron chi connectivity index (χ2n) is 8.59. The molecule has 2 bridgehead atoms. The summed E-state index contributed by atoms with van der Waals surface area (Å²) in [5.41, 5.74) is -2.04. The number of aromatic nitrogens is 2. The SMILES string of the molecule is CC12CCC(/C(=C\C(=O)c3cnn(-c4ccccc4)c3C(F)(F)F)C1=O)C2(C)C. The molecule has 1 aromatic heterocycles. The van der Waals surface area contributed by atoms with Crippen molar-refractivity contribution in [3.8, 4) is 5.69 Å². The van der Waals surface area contributed by atoms with Crippen LogP contribution in [-0.2, 0) is 11.0 Å². The van der Waals surface area contributed by atoms with Crippen LogP contribution in [-0.4, -0.2) is 21.3 Å². The normalized spacial score (nSPS) is 27.0. The average Bonchev–Trinajstić information content (AvgIpc) is 3.24. The number of ketones is 2. The average molecular weight is 402 g/mol. The zero-order valence-electron chi connectivity index (χ0n) is 16.4. The van der Waals surface area contributed by atoms with E-state index >= 15 is 0 Å². The van der Waals surface area contributed by atoms with Crippen LogP contribution in [0, 0.1) is 16.7 Å². The molecule has 2 atom stereocenters. The van der Waals surface area contributed by atoms with Crippen LogP contribution in [0.1, 0.15) is 49.7 Å². The fourth-order valence-corrected chi connectivity index (χ4v) is 4.88. The molecule has 2 aliphatic rings. The number of nitrogens with zero attached hydrogens (tertiary/aromatic N) is 2. The van der Waals surface area contributed by atoms with Crippen molar-refractivity contribution in [2.75, 3.05) is 0 Å². The third-order valence-corrected chi connectivity index (χ3v) is 6.96. The molecule has 1 heterocycles. The van der Waals surface area contributed by atoms with Gasteiger partial charge in [0.05, 0.1) is 17.4 Å². The van der Waals surface area contributed by atoms with Crippen LogP contribution in [0.3, 0.4) is 0 Å². The zero-order valence-corrected chi connectivity index (χ0v) is 16.4. The molecule has 2 unspecified atom stereocenters. The molecule has 7 heteroatoms. The largest absolute Gasteiger partial charge is 0.434 e. The topological polar surface area (TPSA) is 52.0 Å². The first-order valence-corrected chi connectivity index (χ1v) is 9.50. The number of hydrogen-bond acceptors (Lipinski definition) is 3. The van der Waals surface area contributed by atoms with Crippen molar-refractivity contribution in [1.82, 2.24) is 9.78 Å². The molecule has 2 saturated carbocycles. The van der Waals surface area contributed by atoms with Gasteiger partial charge in [-0.3, -0.25) is 9.59 Å². The first-order chi connectivity index (χ1) is 13.5. The second kappa shape index (κ2) is 6.15. The van der Waals surface area contributed by atoms with Crippen LogP contribution < -0.4 is 0 Å². The number of rotatable bonds is 3. The molecular weight excluding hydrogens is 381 g/mol. The first-order valence-electron chi connectivity index (χ1n) is 9.50. The summed E-state index contributed by atoms with van der Waals surface area (Å²) in [6.07, 6.45) is -1.25. The Morgan fingerprint density at radius 2 is 1.86 bits per heavy atom. The minimum absolute atomic E-state index is 0.123. The minimum atomic E-state index is -4.78. The summed E-state index contributed by atoms with van der Waals surface area (Å²) in [4.78, 5) is 25.8. The first kappa shape index (κ1) is 19.6. The molecule has 0 amide bonds. The Balaban J connectivity index is 1.79. The molecule has 29 heavy (non-hydrogen) atoms. The van der Waals surface area contributed by atoms with Crippen LogP contribution in [0.15, 0.2) is 48.2 Å². The predicted molar refractivity (Wildman–Crippen MR) is 101 cm³/mol. The summed E-state index contributed by atoms with van der Waals surface area (Å²) in [5, 5.41) is 3.82. The number of Topliss-reactive ketones (excluding diaryl/α,β-unsaturated/α-hetero) is 1. The van der Waals surface area contributed by atoms with Crippen molar-refractivity contribution in [2.24, 2.45) is 16.7 Å². The quantitative estimate of drug-likeness (QED) is 0.535. The van der Waals surface area contributed by atoms with Crippen molar-refractivity contribution in [2.45, 2.75) is 39.8 Å². The van der Waals surface area contributed by atoms with Gasteiger partial charge >= 0.3 is 6.18 Å². The Morgan fingerprint density at radius 1 is 1.21 bits per heavy atom. The van der Waals surface area contributed by atoms with Gasteiger partial charge in [0.25, 0.3) is 0 Å². The third-order valence-electron chi connectivity index (χ3n) is 6.96. The molecule has 0 N–H and O–H groups in total. The molecule has 2 aromatic rings. The number of allylic oxidation sites excluding steroid dienone is 2. The minimum Gasteiger partial charge on any atom is -0.294 e. The maximum absolute atomic E-state index is 13.8. The molecule has 2 fully saturated rings. The second-order valence-corrected chi connectivity index (χ2v) is 8.59. The maximum Gasteiger partial charge on any atom is 0.434 e. The maximum atomic E-state index is 13.8. The van der Waals surface area contributed by atoms with Crippen molar-refractivity contribution >= 4 is 11.6 Å². The third kappa shape index (κ3) is 2.70. The van der Waals surface area contributed by atoms with Gasteiger partial charge in [-0.05, 0) is 42.4 Å². The summed E-state index contributed by atoms with van der Waals surface area (Å²) < 4.78 is 42.2. The highest BCUT2D eigenvalue weighted by Gasteiger charge is 2.64. The molecule has 4 rings (SSSR count).